The van der Waals surface area contributed by atoms with Gasteiger partial charge in [0.05, 0.1) is 25.4 Å². The van der Waals surface area contributed by atoms with Crippen LogP contribution in [-0.4, -0.2) is 110 Å². The first kappa shape index (κ1) is 43.1. The van der Waals surface area contributed by atoms with Crippen molar-refractivity contribution in [3.8, 4) is 0 Å². The Balaban J connectivity index is 2.70. The number of ether oxygens (including phenoxy) is 2. The Morgan fingerprint density at radius 3 is 2.17 bits per heavy atom. The molecule has 1 amide bonds. The van der Waals surface area contributed by atoms with E-state index in [2.05, 4.69) is 36.5 Å². The van der Waals surface area contributed by atoms with Crippen LogP contribution in [-0.2, 0) is 14.3 Å². The molecule has 0 aromatic carbocycles. The lowest BCUT2D eigenvalue weighted by Crippen LogP contribution is -2.60. The zero-order valence-electron chi connectivity index (χ0n) is 28.5. The molecule has 0 bridgehead atoms. The SMILES string of the molecule is C/C=C/CC/C=C/CCCC(O)C(O)C(COC1OC(CO)C(O)C(O)C1O)NC(=O)C(O)C/C=C\C/C=C\CCCCCCCC. The summed E-state index contributed by atoms with van der Waals surface area (Å²) >= 11 is 0. The first-order valence-corrected chi connectivity index (χ1v) is 17.5. The standard InChI is InChI=1S/C36H63NO10/c1-3-5-7-9-11-13-14-15-16-18-20-22-24-29(40)35(45)37-27(26-46-36-34(44)33(43)32(42)30(25-38)47-36)31(41)28(39)23-21-19-17-12-10-8-6-4-2/h4,6,12,15-17,20,22,27-34,36,38-44H,3,5,7-11,13-14,18-19,21,23-26H2,1-2H3,(H,37,45)/b6-4+,16-15-,17-12+,22-20-. The smallest absolute Gasteiger partial charge is 0.249 e. The Hall–Kier alpha value is -1.93. The van der Waals surface area contributed by atoms with E-state index < -0.39 is 74.2 Å². The van der Waals surface area contributed by atoms with Gasteiger partial charge in [0, 0.05) is 6.42 Å². The van der Waals surface area contributed by atoms with Gasteiger partial charge in [-0.1, -0.05) is 87.6 Å². The Labute approximate surface area is 281 Å². The van der Waals surface area contributed by atoms with Crippen LogP contribution in [0, 0.1) is 0 Å². The van der Waals surface area contributed by atoms with Gasteiger partial charge in [-0.25, -0.2) is 0 Å². The third-order valence-electron chi connectivity index (χ3n) is 8.19. The molecule has 11 heteroatoms. The van der Waals surface area contributed by atoms with Crippen LogP contribution < -0.4 is 5.32 Å². The van der Waals surface area contributed by atoms with Crippen LogP contribution in [0.15, 0.2) is 48.6 Å². The molecule has 47 heavy (non-hydrogen) atoms. The number of rotatable bonds is 26. The second-order valence-electron chi connectivity index (χ2n) is 12.2. The molecule has 0 spiro atoms. The minimum Gasteiger partial charge on any atom is -0.394 e. The van der Waals surface area contributed by atoms with Gasteiger partial charge in [0.25, 0.3) is 0 Å². The molecule has 0 saturated carbocycles. The number of nitrogens with one attached hydrogen (secondary N) is 1. The molecule has 1 saturated heterocycles. The molecule has 11 nitrogen and oxygen atoms in total. The lowest BCUT2D eigenvalue weighted by Gasteiger charge is -2.40. The second kappa shape index (κ2) is 27.0. The van der Waals surface area contributed by atoms with Crippen LogP contribution in [0.1, 0.15) is 104 Å². The number of allylic oxidation sites excluding steroid dienone is 7. The number of aliphatic hydroxyl groups is 7. The van der Waals surface area contributed by atoms with Crippen LogP contribution >= 0.6 is 0 Å². The monoisotopic (exact) mass is 669 g/mol. The largest absolute Gasteiger partial charge is 0.394 e. The van der Waals surface area contributed by atoms with Gasteiger partial charge >= 0.3 is 0 Å². The molecule has 8 N–H and O–H groups in total. The van der Waals surface area contributed by atoms with Crippen molar-refractivity contribution < 1.29 is 50.0 Å². The maximum Gasteiger partial charge on any atom is 0.249 e. The third-order valence-corrected chi connectivity index (χ3v) is 8.19. The predicted octanol–water partition coefficient (Wildman–Crippen LogP) is 3.10. The zero-order chi connectivity index (χ0) is 34.9. The summed E-state index contributed by atoms with van der Waals surface area (Å²) in [6, 6.07) is -1.22. The van der Waals surface area contributed by atoms with Gasteiger partial charge < -0.3 is 50.5 Å². The van der Waals surface area contributed by atoms with E-state index in [1.807, 2.05) is 25.2 Å². The highest BCUT2D eigenvalue weighted by Crippen LogP contribution is 2.22. The lowest BCUT2D eigenvalue weighted by atomic mass is 9.99. The molecule has 0 aliphatic carbocycles. The summed E-state index contributed by atoms with van der Waals surface area (Å²) in [5, 5.41) is 74.6. The first-order valence-electron chi connectivity index (χ1n) is 17.5. The Kier molecular flexibility index (Phi) is 24.7. The maximum atomic E-state index is 12.9. The second-order valence-corrected chi connectivity index (χ2v) is 12.2. The van der Waals surface area contributed by atoms with Crippen molar-refractivity contribution in [2.45, 2.75) is 159 Å². The molecule has 9 unspecified atom stereocenters. The summed E-state index contributed by atoms with van der Waals surface area (Å²) in [5.41, 5.74) is 0. The van der Waals surface area contributed by atoms with Gasteiger partial charge in [0.2, 0.25) is 5.91 Å². The number of aliphatic hydroxyl groups excluding tert-OH is 7. The number of carbonyl (C=O) groups excluding carboxylic acids is 1. The predicted molar refractivity (Wildman–Crippen MR) is 182 cm³/mol. The average molecular weight is 670 g/mol. The first-order chi connectivity index (χ1) is 22.7. The minimum absolute atomic E-state index is 0.0381. The normalized spacial score (nSPS) is 24.8. The Morgan fingerprint density at radius 1 is 0.809 bits per heavy atom. The topological polar surface area (TPSA) is 189 Å². The average Bonchev–Trinajstić information content (AvgIpc) is 3.07. The van der Waals surface area contributed by atoms with E-state index in [0.29, 0.717) is 19.3 Å². The summed E-state index contributed by atoms with van der Waals surface area (Å²) in [4.78, 5) is 12.9. The van der Waals surface area contributed by atoms with Crippen LogP contribution in [0.2, 0.25) is 0 Å². The van der Waals surface area contributed by atoms with Crippen LogP contribution in [0.4, 0.5) is 0 Å². The van der Waals surface area contributed by atoms with Gasteiger partial charge in [-0.2, -0.15) is 0 Å². The summed E-state index contributed by atoms with van der Waals surface area (Å²) in [6.45, 7) is 3.06. The third kappa shape index (κ3) is 18.4. The van der Waals surface area contributed by atoms with Crippen molar-refractivity contribution in [3.05, 3.63) is 48.6 Å². The van der Waals surface area contributed by atoms with Gasteiger partial charge in [-0.15, -0.1) is 0 Å². The Bertz CT molecular complexity index is 908. The molecule has 1 heterocycles. The number of hydrogen-bond acceptors (Lipinski definition) is 10. The molecule has 1 fully saturated rings. The maximum absolute atomic E-state index is 12.9. The molecule has 1 aliphatic rings. The molecule has 0 aromatic heterocycles. The molecular weight excluding hydrogens is 606 g/mol. The highest BCUT2D eigenvalue weighted by Gasteiger charge is 2.44. The van der Waals surface area contributed by atoms with E-state index in [-0.39, 0.29) is 12.8 Å². The fourth-order valence-electron chi connectivity index (χ4n) is 5.15. The van der Waals surface area contributed by atoms with E-state index in [4.69, 9.17) is 9.47 Å². The van der Waals surface area contributed by atoms with E-state index in [0.717, 1.165) is 19.3 Å². The quantitative estimate of drug-likeness (QED) is 0.0502. The van der Waals surface area contributed by atoms with Crippen molar-refractivity contribution in [1.29, 1.82) is 0 Å². The zero-order valence-corrected chi connectivity index (χ0v) is 28.5. The highest BCUT2D eigenvalue weighted by molar-refractivity contribution is 5.81. The van der Waals surface area contributed by atoms with Gasteiger partial charge in [0.1, 0.15) is 36.6 Å². The van der Waals surface area contributed by atoms with Crippen LogP contribution in [0.5, 0.6) is 0 Å². The molecule has 1 aliphatic heterocycles. The van der Waals surface area contributed by atoms with Crippen molar-refractivity contribution in [1.82, 2.24) is 5.32 Å². The highest BCUT2D eigenvalue weighted by atomic mass is 16.7. The van der Waals surface area contributed by atoms with Crippen molar-refractivity contribution >= 4 is 5.91 Å². The number of carbonyl (C=O) groups is 1. The van der Waals surface area contributed by atoms with Gasteiger partial charge in [-0.3, -0.25) is 4.79 Å². The summed E-state index contributed by atoms with van der Waals surface area (Å²) in [6.07, 6.45) is 16.7. The molecular formula is C36H63NO10. The van der Waals surface area contributed by atoms with E-state index >= 15 is 0 Å². The molecule has 272 valence electrons. The molecule has 1 rings (SSSR count). The summed E-state index contributed by atoms with van der Waals surface area (Å²) in [7, 11) is 0. The van der Waals surface area contributed by atoms with E-state index in [1.165, 1.54) is 38.5 Å². The number of unbranched alkanes of at least 4 members (excludes halogenated alkanes) is 8. The summed E-state index contributed by atoms with van der Waals surface area (Å²) in [5.74, 6) is -0.786. The van der Waals surface area contributed by atoms with Crippen molar-refractivity contribution in [2.24, 2.45) is 0 Å². The molecule has 9 atom stereocenters. The number of hydrogen-bond donors (Lipinski definition) is 8. The Morgan fingerprint density at radius 2 is 1.45 bits per heavy atom. The van der Waals surface area contributed by atoms with E-state index in [9.17, 15) is 40.5 Å². The van der Waals surface area contributed by atoms with Gasteiger partial charge in [0.15, 0.2) is 6.29 Å². The van der Waals surface area contributed by atoms with Crippen molar-refractivity contribution in [3.63, 3.8) is 0 Å². The minimum atomic E-state index is -1.68. The number of amides is 1. The van der Waals surface area contributed by atoms with E-state index in [1.54, 1.807) is 6.08 Å². The fraction of sp³-hybridized carbons (Fsp3) is 0.750. The summed E-state index contributed by atoms with van der Waals surface area (Å²) < 4.78 is 10.9. The fourth-order valence-corrected chi connectivity index (χ4v) is 5.15. The van der Waals surface area contributed by atoms with Crippen LogP contribution in [0.25, 0.3) is 0 Å². The van der Waals surface area contributed by atoms with Gasteiger partial charge in [-0.05, 0) is 58.3 Å². The van der Waals surface area contributed by atoms with Crippen molar-refractivity contribution in [2.75, 3.05) is 13.2 Å². The lowest BCUT2D eigenvalue weighted by molar-refractivity contribution is -0.303. The van der Waals surface area contributed by atoms with Crippen LogP contribution in [0.3, 0.4) is 0 Å². The molecule has 0 aromatic rings. The molecule has 0 radical (unpaired) electrons.